The zero-order valence-electron chi connectivity index (χ0n) is 10.5. The van der Waals surface area contributed by atoms with E-state index >= 15 is 0 Å². The second-order valence-corrected chi connectivity index (χ2v) is 5.55. The van der Waals surface area contributed by atoms with Gasteiger partial charge in [-0.2, -0.15) is 0 Å². The Morgan fingerprint density at radius 1 is 1.47 bits per heavy atom. The van der Waals surface area contributed by atoms with Crippen molar-refractivity contribution >= 4 is 0 Å². The number of aryl methyl sites for hydroxylation is 1. The molecule has 1 heterocycles. The molecule has 0 spiro atoms. The number of hydrogen-bond acceptors (Lipinski definition) is 3. The summed E-state index contributed by atoms with van der Waals surface area (Å²) < 4.78 is 2.11. The quantitative estimate of drug-likeness (QED) is 0.807. The largest absolute Gasteiger partial charge is 0.336 e. The third-order valence-electron chi connectivity index (χ3n) is 4.00. The van der Waals surface area contributed by atoms with Gasteiger partial charge in [0.1, 0.15) is 0 Å². The van der Waals surface area contributed by atoms with Gasteiger partial charge in [0.05, 0.1) is 18.1 Å². The standard InChI is InChI=1S/C13H22N4/c1-16-9-15-7-13(16)12(6-14)17(11-4-5-11)8-10-2-3-10/h7,9-12H,2-6,8,14H2,1H3. The molecular weight excluding hydrogens is 212 g/mol. The Morgan fingerprint density at radius 3 is 2.71 bits per heavy atom. The molecular formula is C13H22N4. The molecule has 4 nitrogen and oxygen atoms in total. The fourth-order valence-corrected chi connectivity index (χ4v) is 2.65. The molecule has 1 aromatic heterocycles. The molecule has 1 unspecified atom stereocenters. The summed E-state index contributed by atoms with van der Waals surface area (Å²) in [5.74, 6) is 0.929. The molecule has 1 aromatic rings. The summed E-state index contributed by atoms with van der Waals surface area (Å²) in [5, 5.41) is 0. The van der Waals surface area contributed by atoms with Crippen molar-refractivity contribution in [1.82, 2.24) is 14.5 Å². The first-order valence-corrected chi connectivity index (χ1v) is 6.71. The van der Waals surface area contributed by atoms with Crippen molar-refractivity contribution in [3.05, 3.63) is 18.2 Å². The van der Waals surface area contributed by atoms with Crippen LogP contribution in [0.2, 0.25) is 0 Å². The molecule has 3 rings (SSSR count). The smallest absolute Gasteiger partial charge is 0.0946 e. The Hall–Kier alpha value is -0.870. The molecule has 0 saturated heterocycles. The van der Waals surface area contributed by atoms with Gasteiger partial charge >= 0.3 is 0 Å². The number of nitrogens with zero attached hydrogens (tertiary/aromatic N) is 3. The van der Waals surface area contributed by atoms with Crippen LogP contribution in [0.15, 0.2) is 12.5 Å². The van der Waals surface area contributed by atoms with Crippen LogP contribution in [0.1, 0.15) is 37.4 Å². The summed E-state index contributed by atoms with van der Waals surface area (Å²) in [4.78, 5) is 6.86. The molecule has 2 saturated carbocycles. The summed E-state index contributed by atoms with van der Waals surface area (Å²) in [7, 11) is 2.06. The maximum Gasteiger partial charge on any atom is 0.0946 e. The predicted molar refractivity (Wildman–Crippen MR) is 67.5 cm³/mol. The Morgan fingerprint density at radius 2 is 2.24 bits per heavy atom. The molecule has 2 N–H and O–H groups in total. The maximum absolute atomic E-state index is 6.01. The zero-order valence-corrected chi connectivity index (χ0v) is 10.5. The van der Waals surface area contributed by atoms with E-state index in [9.17, 15) is 0 Å². The molecule has 0 radical (unpaired) electrons. The van der Waals surface area contributed by atoms with Crippen LogP contribution < -0.4 is 5.73 Å². The van der Waals surface area contributed by atoms with Crippen molar-refractivity contribution in [2.24, 2.45) is 18.7 Å². The lowest BCUT2D eigenvalue weighted by Gasteiger charge is -2.31. The highest BCUT2D eigenvalue weighted by molar-refractivity contribution is 5.08. The van der Waals surface area contributed by atoms with Crippen molar-refractivity contribution in [1.29, 1.82) is 0 Å². The summed E-state index contributed by atoms with van der Waals surface area (Å²) in [6.45, 7) is 1.93. The van der Waals surface area contributed by atoms with Crippen LogP contribution in [-0.2, 0) is 7.05 Å². The molecule has 0 amide bonds. The average molecular weight is 234 g/mol. The van der Waals surface area contributed by atoms with E-state index < -0.39 is 0 Å². The van der Waals surface area contributed by atoms with Gasteiger partial charge < -0.3 is 10.3 Å². The average Bonchev–Trinajstić information content (AvgIpc) is 3.21. The molecule has 17 heavy (non-hydrogen) atoms. The molecule has 94 valence electrons. The van der Waals surface area contributed by atoms with E-state index in [1.54, 1.807) is 0 Å². The highest BCUT2D eigenvalue weighted by atomic mass is 15.2. The van der Waals surface area contributed by atoms with Gasteiger partial charge in [0.25, 0.3) is 0 Å². The van der Waals surface area contributed by atoms with Gasteiger partial charge in [0.2, 0.25) is 0 Å². The van der Waals surface area contributed by atoms with E-state index in [1.165, 1.54) is 37.9 Å². The third-order valence-corrected chi connectivity index (χ3v) is 4.00. The maximum atomic E-state index is 6.01. The number of nitrogens with two attached hydrogens (primary N) is 1. The van der Waals surface area contributed by atoms with E-state index in [2.05, 4.69) is 21.5 Å². The number of aromatic nitrogens is 2. The van der Waals surface area contributed by atoms with Gasteiger partial charge in [-0.15, -0.1) is 0 Å². The number of imidazole rings is 1. The van der Waals surface area contributed by atoms with E-state index in [0.29, 0.717) is 12.6 Å². The third kappa shape index (κ3) is 2.38. The lowest BCUT2D eigenvalue weighted by molar-refractivity contribution is 0.177. The van der Waals surface area contributed by atoms with Crippen LogP contribution in [0.25, 0.3) is 0 Å². The van der Waals surface area contributed by atoms with Crippen LogP contribution >= 0.6 is 0 Å². The molecule has 1 atom stereocenters. The van der Waals surface area contributed by atoms with Crippen molar-refractivity contribution < 1.29 is 0 Å². The summed E-state index contributed by atoms with van der Waals surface area (Å²) in [6.07, 6.45) is 9.36. The van der Waals surface area contributed by atoms with E-state index in [0.717, 1.165) is 12.0 Å². The highest BCUT2D eigenvalue weighted by Crippen LogP contribution is 2.39. The van der Waals surface area contributed by atoms with Crippen LogP contribution in [0, 0.1) is 5.92 Å². The van der Waals surface area contributed by atoms with Crippen molar-refractivity contribution in [3.8, 4) is 0 Å². The summed E-state index contributed by atoms with van der Waals surface area (Å²) >= 11 is 0. The Labute approximate surface area is 103 Å². The van der Waals surface area contributed by atoms with Crippen molar-refractivity contribution in [2.75, 3.05) is 13.1 Å². The van der Waals surface area contributed by atoms with E-state index in [4.69, 9.17) is 5.73 Å². The summed E-state index contributed by atoms with van der Waals surface area (Å²) in [5.41, 5.74) is 7.28. The zero-order chi connectivity index (χ0) is 11.8. The molecule has 0 aliphatic heterocycles. The minimum Gasteiger partial charge on any atom is -0.336 e. The molecule has 0 bridgehead atoms. The van der Waals surface area contributed by atoms with Gasteiger partial charge in [-0.05, 0) is 31.6 Å². The van der Waals surface area contributed by atoms with Gasteiger partial charge in [0.15, 0.2) is 0 Å². The van der Waals surface area contributed by atoms with Crippen LogP contribution in [-0.4, -0.2) is 33.6 Å². The van der Waals surface area contributed by atoms with Gasteiger partial charge in [-0.25, -0.2) is 4.98 Å². The van der Waals surface area contributed by atoms with Gasteiger partial charge in [-0.3, -0.25) is 4.90 Å². The normalized spacial score (nSPS) is 22.1. The Kier molecular flexibility index (Phi) is 2.92. The van der Waals surface area contributed by atoms with Gasteiger partial charge in [-0.1, -0.05) is 0 Å². The van der Waals surface area contributed by atoms with Crippen LogP contribution in [0.5, 0.6) is 0 Å². The topological polar surface area (TPSA) is 47.1 Å². The molecule has 2 fully saturated rings. The first-order chi connectivity index (χ1) is 8.29. The highest BCUT2D eigenvalue weighted by Gasteiger charge is 2.38. The molecule has 2 aliphatic carbocycles. The van der Waals surface area contributed by atoms with E-state index in [1.807, 2.05) is 12.5 Å². The van der Waals surface area contributed by atoms with Crippen LogP contribution in [0.3, 0.4) is 0 Å². The monoisotopic (exact) mass is 234 g/mol. The molecule has 0 aromatic carbocycles. The van der Waals surface area contributed by atoms with Crippen LogP contribution in [0.4, 0.5) is 0 Å². The minimum absolute atomic E-state index is 0.357. The fraction of sp³-hybridized carbons (Fsp3) is 0.769. The van der Waals surface area contributed by atoms with Gasteiger partial charge in [0, 0.05) is 32.4 Å². The fourth-order valence-electron chi connectivity index (χ4n) is 2.65. The van der Waals surface area contributed by atoms with Crippen molar-refractivity contribution in [3.63, 3.8) is 0 Å². The lowest BCUT2D eigenvalue weighted by Crippen LogP contribution is -2.37. The summed E-state index contributed by atoms with van der Waals surface area (Å²) in [6, 6.07) is 1.13. The second kappa shape index (κ2) is 4.42. The number of hydrogen-bond donors (Lipinski definition) is 1. The minimum atomic E-state index is 0.357. The Bertz CT molecular complexity index is 379. The number of rotatable bonds is 6. The first-order valence-electron chi connectivity index (χ1n) is 6.71. The predicted octanol–water partition coefficient (Wildman–Crippen LogP) is 1.29. The SMILES string of the molecule is Cn1cncc1C(CN)N(CC1CC1)C1CC1. The molecule has 4 heteroatoms. The molecule has 2 aliphatic rings. The first kappa shape index (κ1) is 11.2. The second-order valence-electron chi connectivity index (χ2n) is 5.55. The van der Waals surface area contributed by atoms with Crippen molar-refractivity contribution in [2.45, 2.75) is 37.8 Å². The van der Waals surface area contributed by atoms with E-state index in [-0.39, 0.29) is 0 Å². The lowest BCUT2D eigenvalue weighted by atomic mass is 10.1. The Balaban J connectivity index is 1.78.